The Balaban J connectivity index is 2.54. The molecule has 1 aromatic carbocycles. The van der Waals surface area contributed by atoms with E-state index in [1.54, 1.807) is 0 Å². The summed E-state index contributed by atoms with van der Waals surface area (Å²) in [6.45, 7) is 4.99. The zero-order valence-corrected chi connectivity index (χ0v) is 10.7. The minimum atomic E-state index is -0.00315. The van der Waals surface area contributed by atoms with E-state index in [2.05, 4.69) is 35.1 Å². The Morgan fingerprint density at radius 2 is 2.27 bits per heavy atom. The van der Waals surface area contributed by atoms with Gasteiger partial charge in [-0.15, -0.1) is 0 Å². The Labute approximate surface area is 99.2 Å². The number of carbonyl (C=O) groups is 1. The second-order valence-electron chi connectivity index (χ2n) is 3.73. The van der Waals surface area contributed by atoms with Crippen LogP contribution in [-0.2, 0) is 0 Å². The molecular weight excluding hydrogens is 254 g/mol. The Hall–Kier alpha value is -0.830. The Bertz CT molecular complexity index is 338. The summed E-state index contributed by atoms with van der Waals surface area (Å²) in [6.07, 6.45) is 1.08. The lowest BCUT2D eigenvalue weighted by Gasteiger charge is -2.10. The third-order valence-corrected chi connectivity index (χ3v) is 2.89. The van der Waals surface area contributed by atoms with Crippen molar-refractivity contribution in [2.24, 2.45) is 5.92 Å². The van der Waals surface area contributed by atoms with Gasteiger partial charge in [0.05, 0.1) is 0 Å². The molecule has 0 saturated carbocycles. The number of halogens is 1. The summed E-state index contributed by atoms with van der Waals surface area (Å²) in [6, 6.07) is 7.41. The molecule has 1 atom stereocenters. The van der Waals surface area contributed by atoms with Gasteiger partial charge in [0, 0.05) is 16.6 Å². The molecule has 2 nitrogen and oxygen atoms in total. The van der Waals surface area contributed by atoms with Gasteiger partial charge in [-0.2, -0.15) is 0 Å². The van der Waals surface area contributed by atoms with Crippen LogP contribution in [0, 0.1) is 5.92 Å². The number of benzene rings is 1. The third-order valence-electron chi connectivity index (χ3n) is 2.39. The lowest BCUT2D eigenvalue weighted by Crippen LogP contribution is -2.27. The molecule has 0 aliphatic heterocycles. The van der Waals surface area contributed by atoms with Crippen LogP contribution < -0.4 is 5.32 Å². The second-order valence-corrected chi connectivity index (χ2v) is 4.65. The topological polar surface area (TPSA) is 29.1 Å². The molecule has 0 heterocycles. The average Bonchev–Trinajstić information content (AvgIpc) is 2.25. The van der Waals surface area contributed by atoms with Crippen LogP contribution in [0.4, 0.5) is 0 Å². The molecule has 82 valence electrons. The number of rotatable bonds is 4. The number of hydrogen-bond donors (Lipinski definition) is 1. The van der Waals surface area contributed by atoms with E-state index >= 15 is 0 Å². The number of carbonyl (C=O) groups excluding carboxylic acids is 1. The maximum Gasteiger partial charge on any atom is 0.251 e. The number of hydrogen-bond acceptors (Lipinski definition) is 1. The average molecular weight is 270 g/mol. The summed E-state index contributed by atoms with van der Waals surface area (Å²) in [5.74, 6) is 0.526. The molecule has 15 heavy (non-hydrogen) atoms. The first kappa shape index (κ1) is 12.2. The van der Waals surface area contributed by atoms with Crippen molar-refractivity contribution in [2.45, 2.75) is 20.3 Å². The Morgan fingerprint density at radius 3 is 2.87 bits per heavy atom. The third kappa shape index (κ3) is 4.04. The lowest BCUT2D eigenvalue weighted by atomic mass is 10.1. The van der Waals surface area contributed by atoms with Gasteiger partial charge >= 0.3 is 0 Å². The van der Waals surface area contributed by atoms with E-state index in [0.29, 0.717) is 11.5 Å². The van der Waals surface area contributed by atoms with Crippen LogP contribution in [0.25, 0.3) is 0 Å². The first-order valence-electron chi connectivity index (χ1n) is 5.17. The molecule has 0 saturated heterocycles. The van der Waals surface area contributed by atoms with Crippen molar-refractivity contribution in [2.75, 3.05) is 6.54 Å². The highest BCUT2D eigenvalue weighted by molar-refractivity contribution is 9.10. The molecule has 1 unspecified atom stereocenters. The van der Waals surface area contributed by atoms with Gasteiger partial charge in [0.1, 0.15) is 0 Å². The SMILES string of the molecule is CCC(C)CNC(=O)c1cccc(Br)c1. The van der Waals surface area contributed by atoms with Crippen LogP contribution in [0.5, 0.6) is 0 Å². The van der Waals surface area contributed by atoms with Crippen LogP contribution in [0.15, 0.2) is 28.7 Å². The molecule has 0 fully saturated rings. The van der Waals surface area contributed by atoms with Gasteiger partial charge in [0.2, 0.25) is 0 Å². The van der Waals surface area contributed by atoms with E-state index in [1.807, 2.05) is 24.3 Å². The smallest absolute Gasteiger partial charge is 0.251 e. The molecule has 0 radical (unpaired) electrons. The minimum Gasteiger partial charge on any atom is -0.352 e. The van der Waals surface area contributed by atoms with E-state index in [-0.39, 0.29) is 5.91 Å². The predicted octanol–water partition coefficient (Wildman–Crippen LogP) is 3.23. The molecule has 1 aromatic rings. The number of nitrogens with one attached hydrogen (secondary N) is 1. The van der Waals surface area contributed by atoms with Crippen molar-refractivity contribution in [1.82, 2.24) is 5.32 Å². The lowest BCUT2D eigenvalue weighted by molar-refractivity contribution is 0.0948. The first-order chi connectivity index (χ1) is 7.13. The summed E-state index contributed by atoms with van der Waals surface area (Å²) >= 11 is 3.34. The summed E-state index contributed by atoms with van der Waals surface area (Å²) in [7, 11) is 0. The largest absolute Gasteiger partial charge is 0.352 e. The fraction of sp³-hybridized carbons (Fsp3) is 0.417. The van der Waals surface area contributed by atoms with Crippen molar-refractivity contribution >= 4 is 21.8 Å². The molecule has 0 aliphatic carbocycles. The van der Waals surface area contributed by atoms with Crippen LogP contribution in [-0.4, -0.2) is 12.5 Å². The Morgan fingerprint density at radius 1 is 1.53 bits per heavy atom. The highest BCUT2D eigenvalue weighted by atomic mass is 79.9. The Kier molecular flexibility index (Phi) is 4.82. The second kappa shape index (κ2) is 5.91. The standard InChI is InChI=1S/C12H16BrNO/c1-3-9(2)8-14-12(15)10-5-4-6-11(13)7-10/h4-7,9H,3,8H2,1-2H3,(H,14,15). The van der Waals surface area contributed by atoms with Crippen LogP contribution in [0.3, 0.4) is 0 Å². The monoisotopic (exact) mass is 269 g/mol. The number of amides is 1. The maximum absolute atomic E-state index is 11.7. The van der Waals surface area contributed by atoms with Gasteiger partial charge in [0.25, 0.3) is 5.91 Å². The highest BCUT2D eigenvalue weighted by Gasteiger charge is 2.06. The van der Waals surface area contributed by atoms with Crippen LogP contribution in [0.1, 0.15) is 30.6 Å². The molecule has 0 spiro atoms. The van der Waals surface area contributed by atoms with Gasteiger partial charge < -0.3 is 5.32 Å². The summed E-state index contributed by atoms with van der Waals surface area (Å²) < 4.78 is 0.929. The summed E-state index contributed by atoms with van der Waals surface area (Å²) in [4.78, 5) is 11.7. The van der Waals surface area contributed by atoms with E-state index in [4.69, 9.17) is 0 Å². The van der Waals surface area contributed by atoms with Crippen molar-refractivity contribution in [3.05, 3.63) is 34.3 Å². The van der Waals surface area contributed by atoms with Crippen LogP contribution >= 0.6 is 15.9 Å². The van der Waals surface area contributed by atoms with Gasteiger partial charge in [0.15, 0.2) is 0 Å². The highest BCUT2D eigenvalue weighted by Crippen LogP contribution is 2.11. The summed E-state index contributed by atoms with van der Waals surface area (Å²) in [5, 5.41) is 2.92. The van der Waals surface area contributed by atoms with E-state index in [0.717, 1.165) is 17.4 Å². The normalized spacial score (nSPS) is 12.2. The van der Waals surface area contributed by atoms with Gasteiger partial charge in [-0.1, -0.05) is 42.3 Å². The molecule has 1 N–H and O–H groups in total. The van der Waals surface area contributed by atoms with E-state index in [1.165, 1.54) is 0 Å². The van der Waals surface area contributed by atoms with Gasteiger partial charge in [-0.05, 0) is 24.1 Å². The fourth-order valence-electron chi connectivity index (χ4n) is 1.14. The molecule has 0 aliphatic rings. The molecular formula is C12H16BrNO. The van der Waals surface area contributed by atoms with Gasteiger partial charge in [-0.3, -0.25) is 4.79 Å². The maximum atomic E-state index is 11.7. The van der Waals surface area contributed by atoms with Crippen LogP contribution in [0.2, 0.25) is 0 Å². The van der Waals surface area contributed by atoms with Gasteiger partial charge in [-0.25, -0.2) is 0 Å². The van der Waals surface area contributed by atoms with E-state index < -0.39 is 0 Å². The zero-order valence-electron chi connectivity index (χ0n) is 9.09. The quantitative estimate of drug-likeness (QED) is 0.894. The molecule has 0 aromatic heterocycles. The molecule has 3 heteroatoms. The predicted molar refractivity (Wildman–Crippen MR) is 65.9 cm³/mol. The van der Waals surface area contributed by atoms with Crippen molar-refractivity contribution in [3.8, 4) is 0 Å². The van der Waals surface area contributed by atoms with Crippen molar-refractivity contribution in [1.29, 1.82) is 0 Å². The molecule has 1 rings (SSSR count). The zero-order chi connectivity index (χ0) is 11.3. The van der Waals surface area contributed by atoms with E-state index in [9.17, 15) is 4.79 Å². The molecule has 0 bridgehead atoms. The van der Waals surface area contributed by atoms with Crippen molar-refractivity contribution in [3.63, 3.8) is 0 Å². The molecule has 1 amide bonds. The minimum absolute atomic E-state index is 0.00315. The van der Waals surface area contributed by atoms with Crippen molar-refractivity contribution < 1.29 is 4.79 Å². The summed E-state index contributed by atoms with van der Waals surface area (Å²) in [5.41, 5.74) is 0.702. The first-order valence-corrected chi connectivity index (χ1v) is 5.96. The fourth-order valence-corrected chi connectivity index (χ4v) is 1.54.